The fourth-order valence-corrected chi connectivity index (χ4v) is 3.85. The number of benzene rings is 3. The topological polar surface area (TPSA) is 32.3 Å². The van der Waals surface area contributed by atoms with Crippen LogP contribution in [0.2, 0.25) is 0 Å². The van der Waals surface area contributed by atoms with E-state index in [1.54, 1.807) is 0 Å². The van der Waals surface area contributed by atoms with Gasteiger partial charge in [0.05, 0.1) is 11.1 Å². The average Bonchev–Trinajstić information content (AvgIpc) is 2.70. The third-order valence-corrected chi connectivity index (χ3v) is 5.27. The molecule has 27 heavy (non-hydrogen) atoms. The Morgan fingerprint density at radius 2 is 1.04 bits per heavy atom. The molecule has 0 amide bonds. The molecule has 0 fully saturated rings. The van der Waals surface area contributed by atoms with E-state index in [1.165, 1.54) is 0 Å². The van der Waals surface area contributed by atoms with E-state index in [9.17, 15) is 5.11 Å². The Hall–Kier alpha value is -2.42. The second kappa shape index (κ2) is 8.08. The van der Waals surface area contributed by atoms with E-state index in [1.807, 2.05) is 32.0 Å². The van der Waals surface area contributed by atoms with Crippen molar-refractivity contribution in [3.05, 3.63) is 108 Å². The Kier molecular flexibility index (Phi) is 5.79. The van der Waals surface area contributed by atoms with Crippen LogP contribution in [-0.2, 0) is 5.54 Å². The first-order valence-corrected chi connectivity index (χ1v) is 9.65. The lowest BCUT2D eigenvalue weighted by atomic mass is 9.75. The molecule has 0 aliphatic carbocycles. The van der Waals surface area contributed by atoms with Gasteiger partial charge < -0.3 is 5.11 Å². The lowest BCUT2D eigenvalue weighted by molar-refractivity contribution is 0.0281. The standard InChI is InChI=1S/C25H29NO/c1-4-23(24(2,3)27)26-25(20-14-8-5-9-15-20,21-16-10-6-11-17-21)22-18-12-7-13-19-22/h5-19,23,26-27H,4H2,1-3H3/t23-/m0/s1. The van der Waals surface area contributed by atoms with Gasteiger partial charge in [0.2, 0.25) is 0 Å². The fraction of sp³-hybridized carbons (Fsp3) is 0.280. The number of nitrogens with one attached hydrogen (secondary N) is 1. The zero-order chi connectivity index (χ0) is 19.3. The summed E-state index contributed by atoms with van der Waals surface area (Å²) >= 11 is 0. The van der Waals surface area contributed by atoms with Gasteiger partial charge in [0.15, 0.2) is 0 Å². The molecular weight excluding hydrogens is 330 g/mol. The van der Waals surface area contributed by atoms with Crippen LogP contribution < -0.4 is 5.32 Å². The van der Waals surface area contributed by atoms with Crippen LogP contribution in [0.25, 0.3) is 0 Å². The molecule has 3 rings (SSSR count). The zero-order valence-corrected chi connectivity index (χ0v) is 16.4. The van der Waals surface area contributed by atoms with Crippen LogP contribution in [0.15, 0.2) is 91.0 Å². The van der Waals surface area contributed by atoms with Gasteiger partial charge in [0.25, 0.3) is 0 Å². The average molecular weight is 360 g/mol. The molecule has 1 atom stereocenters. The summed E-state index contributed by atoms with van der Waals surface area (Å²) in [5.74, 6) is 0. The highest BCUT2D eigenvalue weighted by Crippen LogP contribution is 2.38. The SMILES string of the molecule is CC[C@H](NC(c1ccccc1)(c1ccccc1)c1ccccc1)C(C)(C)O. The van der Waals surface area contributed by atoms with E-state index in [0.29, 0.717) is 0 Å². The molecule has 3 aromatic carbocycles. The molecule has 0 bridgehead atoms. The highest BCUT2D eigenvalue weighted by atomic mass is 16.3. The number of aliphatic hydroxyl groups is 1. The summed E-state index contributed by atoms with van der Waals surface area (Å²) in [5.41, 5.74) is 2.07. The van der Waals surface area contributed by atoms with E-state index in [2.05, 4.69) is 85.0 Å². The van der Waals surface area contributed by atoms with E-state index >= 15 is 0 Å². The van der Waals surface area contributed by atoms with Crippen molar-refractivity contribution in [2.24, 2.45) is 0 Å². The van der Waals surface area contributed by atoms with Crippen molar-refractivity contribution >= 4 is 0 Å². The van der Waals surface area contributed by atoms with Crippen LogP contribution in [0, 0.1) is 0 Å². The highest BCUT2D eigenvalue weighted by Gasteiger charge is 2.40. The molecule has 0 heterocycles. The van der Waals surface area contributed by atoms with Crippen molar-refractivity contribution in [1.82, 2.24) is 5.32 Å². The first-order valence-electron chi connectivity index (χ1n) is 9.65. The van der Waals surface area contributed by atoms with Crippen LogP contribution >= 0.6 is 0 Å². The molecular formula is C25H29NO. The second-order valence-electron chi connectivity index (χ2n) is 7.61. The monoisotopic (exact) mass is 359 g/mol. The number of rotatable bonds is 7. The number of hydrogen-bond acceptors (Lipinski definition) is 2. The van der Waals surface area contributed by atoms with Crippen molar-refractivity contribution in [2.45, 2.75) is 44.4 Å². The second-order valence-corrected chi connectivity index (χ2v) is 7.61. The molecule has 3 aromatic rings. The summed E-state index contributed by atoms with van der Waals surface area (Å²) < 4.78 is 0. The number of hydrogen-bond donors (Lipinski definition) is 2. The normalized spacial score (nSPS) is 13.3. The van der Waals surface area contributed by atoms with Gasteiger partial charge in [-0.15, -0.1) is 0 Å². The smallest absolute Gasteiger partial charge is 0.0951 e. The van der Waals surface area contributed by atoms with Gasteiger partial charge in [-0.3, -0.25) is 5.32 Å². The molecule has 2 heteroatoms. The summed E-state index contributed by atoms with van der Waals surface area (Å²) in [5, 5.41) is 14.7. The Morgan fingerprint density at radius 3 is 1.30 bits per heavy atom. The molecule has 0 spiro atoms. The summed E-state index contributed by atoms with van der Waals surface area (Å²) in [6.45, 7) is 5.86. The largest absolute Gasteiger partial charge is 0.389 e. The van der Waals surface area contributed by atoms with E-state index in [0.717, 1.165) is 23.1 Å². The maximum absolute atomic E-state index is 10.8. The van der Waals surface area contributed by atoms with Gasteiger partial charge in [-0.25, -0.2) is 0 Å². The lowest BCUT2D eigenvalue weighted by Gasteiger charge is -2.43. The van der Waals surface area contributed by atoms with Gasteiger partial charge in [-0.2, -0.15) is 0 Å². The third kappa shape index (κ3) is 3.97. The molecule has 2 nitrogen and oxygen atoms in total. The van der Waals surface area contributed by atoms with Crippen LogP contribution in [-0.4, -0.2) is 16.7 Å². The zero-order valence-electron chi connectivity index (χ0n) is 16.4. The highest BCUT2D eigenvalue weighted by molar-refractivity contribution is 5.49. The van der Waals surface area contributed by atoms with Crippen molar-refractivity contribution < 1.29 is 5.11 Å². The molecule has 0 saturated heterocycles. The van der Waals surface area contributed by atoms with Crippen LogP contribution in [0.1, 0.15) is 43.9 Å². The minimum absolute atomic E-state index is 0.0851. The lowest BCUT2D eigenvalue weighted by Crippen LogP contribution is -2.56. The predicted molar refractivity (Wildman–Crippen MR) is 113 cm³/mol. The minimum Gasteiger partial charge on any atom is -0.389 e. The van der Waals surface area contributed by atoms with Crippen molar-refractivity contribution in [3.8, 4) is 0 Å². The van der Waals surface area contributed by atoms with Gasteiger partial charge in [0.1, 0.15) is 0 Å². The Bertz CT molecular complexity index is 726. The molecule has 0 saturated carbocycles. The first-order chi connectivity index (χ1) is 13.0. The quantitative estimate of drug-likeness (QED) is 0.574. The summed E-state index contributed by atoms with van der Waals surface area (Å²) in [6.07, 6.45) is 0.817. The molecule has 0 aliphatic heterocycles. The summed E-state index contributed by atoms with van der Waals surface area (Å²) in [4.78, 5) is 0. The molecule has 140 valence electrons. The molecule has 0 aliphatic rings. The fourth-order valence-electron chi connectivity index (χ4n) is 3.85. The summed E-state index contributed by atoms with van der Waals surface area (Å²) in [7, 11) is 0. The maximum Gasteiger partial charge on any atom is 0.0951 e. The third-order valence-electron chi connectivity index (χ3n) is 5.27. The molecule has 0 radical (unpaired) electrons. The molecule has 0 unspecified atom stereocenters. The Balaban J connectivity index is 2.29. The van der Waals surface area contributed by atoms with E-state index in [4.69, 9.17) is 0 Å². The Morgan fingerprint density at radius 1 is 0.704 bits per heavy atom. The van der Waals surface area contributed by atoms with Gasteiger partial charge in [0, 0.05) is 6.04 Å². The van der Waals surface area contributed by atoms with Gasteiger partial charge in [-0.05, 0) is 37.0 Å². The minimum atomic E-state index is -0.849. The van der Waals surface area contributed by atoms with Crippen LogP contribution in [0.3, 0.4) is 0 Å². The molecule has 2 N–H and O–H groups in total. The predicted octanol–water partition coefficient (Wildman–Crippen LogP) is 5.12. The van der Waals surface area contributed by atoms with Crippen LogP contribution in [0.4, 0.5) is 0 Å². The van der Waals surface area contributed by atoms with Crippen molar-refractivity contribution in [1.29, 1.82) is 0 Å². The van der Waals surface area contributed by atoms with Crippen molar-refractivity contribution in [3.63, 3.8) is 0 Å². The van der Waals surface area contributed by atoms with E-state index < -0.39 is 11.1 Å². The van der Waals surface area contributed by atoms with Crippen LogP contribution in [0.5, 0.6) is 0 Å². The first kappa shape index (κ1) is 19.3. The van der Waals surface area contributed by atoms with Gasteiger partial charge in [-0.1, -0.05) is 97.9 Å². The molecule has 0 aromatic heterocycles. The van der Waals surface area contributed by atoms with Crippen molar-refractivity contribution in [2.75, 3.05) is 0 Å². The summed E-state index contributed by atoms with van der Waals surface area (Å²) in [6, 6.07) is 31.4. The Labute approximate surface area is 162 Å². The maximum atomic E-state index is 10.8. The van der Waals surface area contributed by atoms with Gasteiger partial charge >= 0.3 is 0 Å². The van der Waals surface area contributed by atoms with E-state index in [-0.39, 0.29) is 6.04 Å².